The van der Waals surface area contributed by atoms with Gasteiger partial charge in [0, 0.05) is 16.3 Å². The number of amides is 1. The third-order valence-corrected chi connectivity index (χ3v) is 6.01. The van der Waals surface area contributed by atoms with Gasteiger partial charge in [-0.1, -0.05) is 53.0 Å². The van der Waals surface area contributed by atoms with Crippen molar-refractivity contribution in [1.29, 1.82) is 0 Å². The highest BCUT2D eigenvalue weighted by atomic mass is 35.5. The minimum Gasteiger partial charge on any atom is -0.507 e. The van der Waals surface area contributed by atoms with Gasteiger partial charge in [0.25, 0.3) is 11.7 Å². The molecule has 0 radical (unpaired) electrons. The highest BCUT2D eigenvalue weighted by molar-refractivity contribution is 6.51. The number of ether oxygens (including phenoxy) is 1. The van der Waals surface area contributed by atoms with Crippen molar-refractivity contribution in [3.8, 4) is 5.75 Å². The third kappa shape index (κ3) is 4.17. The largest absolute Gasteiger partial charge is 0.507 e. The van der Waals surface area contributed by atoms with Crippen molar-refractivity contribution in [3.63, 3.8) is 0 Å². The topological polar surface area (TPSA) is 66.8 Å². The summed E-state index contributed by atoms with van der Waals surface area (Å²) >= 11 is 18.4. The monoisotopic (exact) mass is 505 g/mol. The number of methoxy groups -OCH3 is 1. The highest BCUT2D eigenvalue weighted by Crippen LogP contribution is 2.44. The molecule has 1 atom stereocenters. The van der Waals surface area contributed by atoms with Crippen molar-refractivity contribution in [1.82, 2.24) is 0 Å². The zero-order valence-electron chi connectivity index (χ0n) is 17.0. The lowest BCUT2D eigenvalue weighted by Crippen LogP contribution is -2.29. The molecule has 0 bridgehead atoms. The molecule has 1 fully saturated rings. The van der Waals surface area contributed by atoms with E-state index in [1.165, 1.54) is 37.4 Å². The average molecular weight is 507 g/mol. The number of aliphatic hydroxyl groups is 1. The van der Waals surface area contributed by atoms with E-state index >= 15 is 0 Å². The van der Waals surface area contributed by atoms with Crippen LogP contribution in [0.1, 0.15) is 17.2 Å². The van der Waals surface area contributed by atoms with E-state index in [1.807, 2.05) is 0 Å². The fourth-order valence-electron chi connectivity index (χ4n) is 3.73. The number of nitrogens with zero attached hydrogens (tertiary/aromatic N) is 1. The van der Waals surface area contributed by atoms with Gasteiger partial charge in [-0.15, -0.1) is 0 Å². The summed E-state index contributed by atoms with van der Waals surface area (Å²) in [6.07, 6.45) is 0. The Labute approximate surface area is 203 Å². The van der Waals surface area contributed by atoms with E-state index < -0.39 is 29.3 Å². The van der Waals surface area contributed by atoms with Crippen LogP contribution < -0.4 is 9.64 Å². The molecule has 1 N–H and O–H groups in total. The molecular formula is C24H15Cl3FNO4. The lowest BCUT2D eigenvalue weighted by molar-refractivity contribution is -0.132. The van der Waals surface area contributed by atoms with Gasteiger partial charge >= 0.3 is 0 Å². The predicted molar refractivity (Wildman–Crippen MR) is 126 cm³/mol. The summed E-state index contributed by atoms with van der Waals surface area (Å²) < 4.78 is 19.1. The maximum Gasteiger partial charge on any atom is 0.300 e. The minimum atomic E-state index is -1.05. The van der Waals surface area contributed by atoms with Crippen LogP contribution in [0.15, 0.2) is 66.2 Å². The number of carbonyl (C=O) groups excluding carboxylic acids is 2. The number of benzene rings is 3. The van der Waals surface area contributed by atoms with Crippen molar-refractivity contribution in [2.24, 2.45) is 0 Å². The molecule has 4 rings (SSSR count). The Balaban J connectivity index is 1.96. The number of carbonyl (C=O) groups is 2. The molecule has 3 aromatic rings. The highest BCUT2D eigenvalue weighted by Gasteiger charge is 2.47. The molecule has 9 heteroatoms. The van der Waals surface area contributed by atoms with Crippen molar-refractivity contribution in [2.45, 2.75) is 6.04 Å². The van der Waals surface area contributed by atoms with Crippen molar-refractivity contribution in [3.05, 3.63) is 98.2 Å². The Bertz CT molecular complexity index is 1280. The molecule has 1 heterocycles. The van der Waals surface area contributed by atoms with Gasteiger partial charge in [0.05, 0.1) is 28.8 Å². The number of rotatable bonds is 4. The molecule has 1 amide bonds. The lowest BCUT2D eigenvalue weighted by Gasteiger charge is -2.25. The zero-order chi connectivity index (χ0) is 23.9. The Morgan fingerprint density at radius 3 is 2.21 bits per heavy atom. The van der Waals surface area contributed by atoms with Gasteiger partial charge in [-0.3, -0.25) is 14.5 Å². The smallest absolute Gasteiger partial charge is 0.300 e. The maximum absolute atomic E-state index is 14.0. The summed E-state index contributed by atoms with van der Waals surface area (Å²) in [6.45, 7) is 0. The number of Topliss-reactive ketones (excluding diaryl/α,β-unsaturated/α-hetero) is 1. The van der Waals surface area contributed by atoms with Gasteiger partial charge < -0.3 is 9.84 Å². The van der Waals surface area contributed by atoms with Gasteiger partial charge in [0.2, 0.25) is 0 Å². The van der Waals surface area contributed by atoms with E-state index in [-0.39, 0.29) is 32.6 Å². The molecule has 3 aromatic carbocycles. The third-order valence-electron chi connectivity index (χ3n) is 5.19. The second-order valence-corrected chi connectivity index (χ2v) is 8.42. The minimum absolute atomic E-state index is 0.106. The van der Waals surface area contributed by atoms with Gasteiger partial charge in [0.15, 0.2) is 5.75 Å². The number of aliphatic hydroxyl groups excluding tert-OH is 1. The van der Waals surface area contributed by atoms with Gasteiger partial charge in [-0.2, -0.15) is 0 Å². The molecule has 33 heavy (non-hydrogen) atoms. The normalized spacial score (nSPS) is 17.5. The molecule has 0 aromatic heterocycles. The fraction of sp³-hybridized carbons (Fsp3) is 0.0833. The first-order valence-electron chi connectivity index (χ1n) is 9.58. The summed E-state index contributed by atoms with van der Waals surface area (Å²) in [6, 6.07) is 13.4. The molecule has 1 aliphatic heterocycles. The molecule has 1 aliphatic rings. The van der Waals surface area contributed by atoms with E-state index in [9.17, 15) is 19.1 Å². The second kappa shape index (κ2) is 9.06. The van der Waals surface area contributed by atoms with Crippen molar-refractivity contribution < 1.29 is 23.8 Å². The summed E-state index contributed by atoms with van der Waals surface area (Å²) in [7, 11) is 1.39. The quantitative estimate of drug-likeness (QED) is 0.252. The summed E-state index contributed by atoms with van der Waals surface area (Å²) in [5, 5.41) is 11.8. The average Bonchev–Trinajstić information content (AvgIpc) is 3.04. The Hall–Kier alpha value is -3.06. The van der Waals surface area contributed by atoms with Crippen LogP contribution in [0, 0.1) is 5.82 Å². The molecule has 0 spiro atoms. The van der Waals surface area contributed by atoms with Crippen LogP contribution in [-0.4, -0.2) is 23.9 Å². The number of anilines is 1. The molecule has 168 valence electrons. The predicted octanol–water partition coefficient (Wildman–Crippen LogP) is 6.42. The van der Waals surface area contributed by atoms with Crippen molar-refractivity contribution >= 4 is 57.9 Å². The molecule has 1 unspecified atom stereocenters. The van der Waals surface area contributed by atoms with E-state index in [0.29, 0.717) is 10.6 Å². The number of hydrogen-bond acceptors (Lipinski definition) is 4. The Kier molecular flexibility index (Phi) is 6.34. The van der Waals surface area contributed by atoms with Crippen LogP contribution >= 0.6 is 34.8 Å². The molecule has 0 aliphatic carbocycles. The standard InChI is InChI=1S/C24H15Cl3FNO4/c1-33-23-17(26)9-13(10-18(23)27)21(30)19-20(12-5-7-14(25)8-6-12)29(24(32)22(19)31)16-4-2-3-15(28)11-16/h2-11,20,30H,1H3/b21-19+. The molecule has 1 saturated heterocycles. The van der Waals surface area contributed by atoms with Crippen LogP contribution in [0.4, 0.5) is 10.1 Å². The van der Waals surface area contributed by atoms with Crippen LogP contribution in [0.25, 0.3) is 5.76 Å². The number of ketones is 1. The Morgan fingerprint density at radius 2 is 1.64 bits per heavy atom. The van der Waals surface area contributed by atoms with Gasteiger partial charge in [-0.05, 0) is 48.0 Å². The molecule has 5 nitrogen and oxygen atoms in total. The van der Waals surface area contributed by atoms with Gasteiger partial charge in [-0.25, -0.2) is 4.39 Å². The van der Waals surface area contributed by atoms with Crippen LogP contribution in [-0.2, 0) is 9.59 Å². The summed E-state index contributed by atoms with van der Waals surface area (Å²) in [4.78, 5) is 27.3. The first-order valence-corrected chi connectivity index (χ1v) is 10.7. The zero-order valence-corrected chi connectivity index (χ0v) is 19.2. The fourth-order valence-corrected chi connectivity index (χ4v) is 4.50. The van der Waals surface area contributed by atoms with Crippen LogP contribution in [0.3, 0.4) is 0 Å². The van der Waals surface area contributed by atoms with Crippen LogP contribution in [0.2, 0.25) is 15.1 Å². The van der Waals surface area contributed by atoms with Crippen molar-refractivity contribution in [2.75, 3.05) is 12.0 Å². The number of hydrogen-bond donors (Lipinski definition) is 1. The Morgan fingerprint density at radius 1 is 1.00 bits per heavy atom. The molecular weight excluding hydrogens is 492 g/mol. The first kappa shape index (κ1) is 23.1. The molecule has 0 saturated carbocycles. The van der Waals surface area contributed by atoms with E-state index in [0.717, 1.165) is 11.0 Å². The van der Waals surface area contributed by atoms with Gasteiger partial charge in [0.1, 0.15) is 11.6 Å². The first-order chi connectivity index (χ1) is 15.7. The second-order valence-electron chi connectivity index (χ2n) is 7.17. The van der Waals surface area contributed by atoms with Crippen LogP contribution in [0.5, 0.6) is 5.75 Å². The lowest BCUT2D eigenvalue weighted by atomic mass is 9.95. The van der Waals surface area contributed by atoms with E-state index in [1.54, 1.807) is 24.3 Å². The van der Waals surface area contributed by atoms with E-state index in [2.05, 4.69) is 0 Å². The maximum atomic E-state index is 14.0. The number of halogens is 4. The summed E-state index contributed by atoms with van der Waals surface area (Å²) in [5.74, 6) is -2.74. The SMILES string of the molecule is COc1c(Cl)cc(/C(O)=C2\C(=O)C(=O)N(c3cccc(F)c3)C2c2ccc(Cl)cc2)cc1Cl. The summed E-state index contributed by atoms with van der Waals surface area (Å²) in [5.41, 5.74) is 0.544. The van der Waals surface area contributed by atoms with E-state index in [4.69, 9.17) is 39.5 Å².